The van der Waals surface area contributed by atoms with E-state index in [1.54, 1.807) is 0 Å². The fraction of sp³-hybridized carbons (Fsp3) is 0.167. The molecule has 1 aromatic rings. The van der Waals surface area contributed by atoms with Crippen LogP contribution in [0.25, 0.3) is 6.08 Å². The summed E-state index contributed by atoms with van der Waals surface area (Å²) in [5.74, 6) is -0.124. The van der Waals surface area contributed by atoms with Crippen LogP contribution in [0.5, 0.6) is 0 Å². The van der Waals surface area contributed by atoms with Crippen LogP contribution in [0.1, 0.15) is 5.82 Å². The van der Waals surface area contributed by atoms with Gasteiger partial charge in [0.2, 0.25) is 5.28 Å². The van der Waals surface area contributed by atoms with Gasteiger partial charge in [-0.1, -0.05) is 0 Å². The fourth-order valence-electron chi connectivity index (χ4n) is 0.539. The highest BCUT2D eigenvalue weighted by atomic mass is 35.5. The Morgan fingerprint density at radius 1 is 1.69 bits per heavy atom. The number of aromatic nitrogens is 3. The highest BCUT2D eigenvalue weighted by Gasteiger charge is 1.96. The Morgan fingerprint density at radius 3 is 2.85 bits per heavy atom. The lowest BCUT2D eigenvalue weighted by Gasteiger charge is -1.86. The van der Waals surface area contributed by atoms with Crippen molar-refractivity contribution in [2.45, 2.75) is 0 Å². The van der Waals surface area contributed by atoms with Gasteiger partial charge in [-0.25, -0.2) is 9.89 Å². The van der Waals surface area contributed by atoms with Crippen molar-refractivity contribution in [2.75, 3.05) is 7.11 Å². The predicted octanol–water partition coefficient (Wildman–Crippen LogP) is 1.07. The molecule has 0 saturated heterocycles. The van der Waals surface area contributed by atoms with Crippen molar-refractivity contribution in [3.8, 4) is 0 Å². The number of carbonyl (C=O) groups excluding carboxylic acids is 1. The summed E-state index contributed by atoms with van der Waals surface area (Å²) in [7, 11) is 1.29. The van der Waals surface area contributed by atoms with E-state index in [2.05, 4.69) is 19.9 Å². The second-order valence-corrected chi connectivity index (χ2v) is 2.20. The van der Waals surface area contributed by atoms with Crippen LogP contribution in [0.4, 0.5) is 0 Å². The molecule has 0 amide bonds. The number of hydrogen-bond donors (Lipinski definition) is 1. The number of methoxy groups -OCH3 is 1. The third-order valence-corrected chi connectivity index (χ3v) is 1.21. The summed E-state index contributed by atoms with van der Waals surface area (Å²) in [5.41, 5.74) is 0. The van der Waals surface area contributed by atoms with Crippen LogP contribution in [0, 0.1) is 0 Å². The van der Waals surface area contributed by atoms with Crippen LogP contribution in [-0.2, 0) is 9.53 Å². The van der Waals surface area contributed by atoms with Crippen molar-refractivity contribution in [3.63, 3.8) is 0 Å². The number of nitrogens with one attached hydrogen (secondary N) is 1. The molecule has 0 aromatic carbocycles. The molecule has 0 fully saturated rings. The minimum Gasteiger partial charge on any atom is -0.466 e. The molecule has 1 N–H and O–H groups in total. The Morgan fingerprint density at radius 2 is 2.38 bits per heavy atom. The average Bonchev–Trinajstić information content (AvgIpc) is 2.47. The third-order valence-electron chi connectivity index (χ3n) is 1.05. The van der Waals surface area contributed by atoms with Crippen molar-refractivity contribution in [1.82, 2.24) is 15.2 Å². The van der Waals surface area contributed by atoms with E-state index in [-0.39, 0.29) is 17.7 Å². The SMILES string of the molecule is COC(=O)/C=C/c1n[nH]c(Cl)n1.Cl. The summed E-state index contributed by atoms with van der Waals surface area (Å²) in [4.78, 5) is 14.3. The van der Waals surface area contributed by atoms with Gasteiger partial charge in [-0.15, -0.1) is 12.4 Å². The molecule has 1 heterocycles. The standard InChI is InChI=1S/C6H6ClN3O2.ClH/c1-12-5(11)3-2-4-8-6(7)10-9-4;/h2-3H,1H3,(H,8,9,10);1H/b3-2+;. The molecule has 13 heavy (non-hydrogen) atoms. The lowest BCUT2D eigenvalue weighted by atomic mass is 10.5. The topological polar surface area (TPSA) is 67.9 Å². The molecule has 0 aliphatic rings. The maximum atomic E-state index is 10.6. The third kappa shape index (κ3) is 3.91. The first-order valence-corrected chi connectivity index (χ1v) is 3.44. The van der Waals surface area contributed by atoms with Crippen molar-refractivity contribution < 1.29 is 9.53 Å². The van der Waals surface area contributed by atoms with E-state index in [0.29, 0.717) is 5.82 Å². The van der Waals surface area contributed by atoms with Crippen LogP contribution in [-0.4, -0.2) is 28.3 Å². The van der Waals surface area contributed by atoms with Gasteiger partial charge >= 0.3 is 5.97 Å². The average molecular weight is 224 g/mol. The van der Waals surface area contributed by atoms with E-state index >= 15 is 0 Å². The molecule has 0 unspecified atom stereocenters. The summed E-state index contributed by atoms with van der Waals surface area (Å²) in [6.45, 7) is 0. The Bertz CT molecular complexity index is 311. The van der Waals surface area contributed by atoms with Crippen LogP contribution < -0.4 is 0 Å². The number of H-pyrrole nitrogens is 1. The molecule has 0 saturated carbocycles. The molecule has 0 radical (unpaired) electrons. The van der Waals surface area contributed by atoms with Gasteiger partial charge < -0.3 is 4.74 Å². The minimum absolute atomic E-state index is 0. The fourth-order valence-corrected chi connectivity index (χ4v) is 0.668. The number of rotatable bonds is 2. The normalized spacial score (nSPS) is 9.69. The number of nitrogens with zero attached hydrogens (tertiary/aromatic N) is 2. The lowest BCUT2D eigenvalue weighted by molar-refractivity contribution is -0.134. The van der Waals surface area contributed by atoms with E-state index in [0.717, 1.165) is 0 Å². The molecule has 0 aliphatic heterocycles. The molecular formula is C6H7Cl2N3O2. The van der Waals surface area contributed by atoms with Gasteiger partial charge in [0, 0.05) is 6.08 Å². The Kier molecular flexibility index (Phi) is 5.10. The quantitative estimate of drug-likeness (QED) is 0.602. The number of esters is 1. The highest BCUT2D eigenvalue weighted by molar-refractivity contribution is 6.28. The zero-order valence-corrected chi connectivity index (χ0v) is 8.22. The zero-order valence-electron chi connectivity index (χ0n) is 6.65. The number of ether oxygens (including phenoxy) is 1. The van der Waals surface area contributed by atoms with Crippen LogP contribution in [0.2, 0.25) is 5.28 Å². The molecule has 0 spiro atoms. The van der Waals surface area contributed by atoms with Gasteiger partial charge in [0.1, 0.15) is 0 Å². The largest absolute Gasteiger partial charge is 0.466 e. The lowest BCUT2D eigenvalue weighted by Crippen LogP contribution is -1.93. The molecule has 72 valence electrons. The summed E-state index contributed by atoms with van der Waals surface area (Å²) < 4.78 is 4.35. The smallest absolute Gasteiger partial charge is 0.330 e. The molecule has 5 nitrogen and oxygen atoms in total. The molecular weight excluding hydrogens is 217 g/mol. The number of carbonyl (C=O) groups is 1. The Labute approximate surface area is 85.5 Å². The summed E-state index contributed by atoms with van der Waals surface area (Å²) in [5, 5.41) is 6.25. The first-order chi connectivity index (χ1) is 5.72. The molecule has 0 aliphatic carbocycles. The second-order valence-electron chi connectivity index (χ2n) is 1.84. The van der Waals surface area contributed by atoms with E-state index < -0.39 is 5.97 Å². The summed E-state index contributed by atoms with van der Waals surface area (Å²) >= 11 is 5.43. The van der Waals surface area contributed by atoms with E-state index in [9.17, 15) is 4.79 Å². The van der Waals surface area contributed by atoms with Crippen molar-refractivity contribution in [1.29, 1.82) is 0 Å². The van der Waals surface area contributed by atoms with Crippen LogP contribution in [0.15, 0.2) is 6.08 Å². The van der Waals surface area contributed by atoms with E-state index in [4.69, 9.17) is 11.6 Å². The van der Waals surface area contributed by atoms with Crippen molar-refractivity contribution >= 4 is 36.1 Å². The van der Waals surface area contributed by atoms with Gasteiger partial charge in [-0.3, -0.25) is 0 Å². The van der Waals surface area contributed by atoms with Gasteiger partial charge in [0.05, 0.1) is 7.11 Å². The minimum atomic E-state index is -0.462. The Hall–Kier alpha value is -1.07. The molecule has 7 heteroatoms. The molecule has 1 rings (SSSR count). The van der Waals surface area contributed by atoms with Gasteiger partial charge in [0.15, 0.2) is 5.82 Å². The number of halogens is 2. The first kappa shape index (κ1) is 11.9. The van der Waals surface area contributed by atoms with Gasteiger partial charge in [-0.05, 0) is 17.7 Å². The summed E-state index contributed by atoms with van der Waals surface area (Å²) in [6, 6.07) is 0. The monoisotopic (exact) mass is 223 g/mol. The molecule has 1 aromatic heterocycles. The van der Waals surface area contributed by atoms with Crippen molar-refractivity contribution in [2.24, 2.45) is 0 Å². The van der Waals surface area contributed by atoms with Gasteiger partial charge in [-0.2, -0.15) is 10.1 Å². The summed E-state index contributed by atoms with van der Waals surface area (Å²) in [6.07, 6.45) is 2.60. The first-order valence-electron chi connectivity index (χ1n) is 3.06. The molecule has 0 bridgehead atoms. The Balaban J connectivity index is 0.00000144. The van der Waals surface area contributed by atoms with Crippen LogP contribution >= 0.6 is 24.0 Å². The number of aromatic amines is 1. The van der Waals surface area contributed by atoms with E-state index in [1.165, 1.54) is 19.3 Å². The number of hydrogen-bond acceptors (Lipinski definition) is 4. The highest BCUT2D eigenvalue weighted by Crippen LogP contribution is 2.00. The predicted molar refractivity (Wildman–Crippen MR) is 49.7 cm³/mol. The van der Waals surface area contributed by atoms with Crippen molar-refractivity contribution in [3.05, 3.63) is 17.2 Å². The van der Waals surface area contributed by atoms with E-state index in [1.807, 2.05) is 0 Å². The van der Waals surface area contributed by atoms with Gasteiger partial charge in [0.25, 0.3) is 0 Å². The maximum absolute atomic E-state index is 10.6. The zero-order chi connectivity index (χ0) is 8.97. The van der Waals surface area contributed by atoms with Crippen LogP contribution in [0.3, 0.4) is 0 Å². The molecule has 0 atom stereocenters. The maximum Gasteiger partial charge on any atom is 0.330 e. The second kappa shape index (κ2) is 5.55.